The monoisotopic (exact) mass is 309 g/mol. The number of aryl methyl sites for hydroxylation is 2. The van der Waals surface area contributed by atoms with Gasteiger partial charge in [-0.1, -0.05) is 17.7 Å². The fraction of sp³-hybridized carbons (Fsp3) is 0.143. The summed E-state index contributed by atoms with van der Waals surface area (Å²) in [5, 5.41) is 13.9. The minimum absolute atomic E-state index is 0.163. The summed E-state index contributed by atoms with van der Waals surface area (Å²) in [7, 11) is 0. The van der Waals surface area contributed by atoms with E-state index in [1.807, 2.05) is 6.92 Å². The van der Waals surface area contributed by atoms with Gasteiger partial charge in [0.1, 0.15) is 4.88 Å². The first-order valence-electron chi connectivity index (χ1n) is 5.79. The van der Waals surface area contributed by atoms with E-state index in [1.54, 1.807) is 24.4 Å². The van der Waals surface area contributed by atoms with E-state index in [9.17, 15) is 9.59 Å². The third-order valence-corrected chi connectivity index (χ3v) is 4.53. The van der Waals surface area contributed by atoms with Gasteiger partial charge < -0.3 is 10.4 Å². The summed E-state index contributed by atoms with van der Waals surface area (Å²) in [5.41, 5.74) is 2.08. The van der Waals surface area contributed by atoms with Crippen LogP contribution in [0.2, 0.25) is 5.02 Å². The van der Waals surface area contributed by atoms with Crippen LogP contribution in [0.3, 0.4) is 0 Å². The Morgan fingerprint density at radius 3 is 2.50 bits per heavy atom. The second-order valence-electron chi connectivity index (χ2n) is 4.35. The number of carboxylic acid groups (broad SMARTS) is 1. The van der Waals surface area contributed by atoms with Gasteiger partial charge in [-0.25, -0.2) is 4.79 Å². The molecule has 0 unspecified atom stereocenters. The predicted molar refractivity (Wildman–Crippen MR) is 80.2 cm³/mol. The molecule has 2 rings (SSSR count). The first-order chi connectivity index (χ1) is 9.40. The van der Waals surface area contributed by atoms with Crippen molar-refractivity contribution in [2.75, 3.05) is 5.32 Å². The molecule has 6 heteroatoms. The zero-order valence-corrected chi connectivity index (χ0v) is 12.4. The minimum Gasteiger partial charge on any atom is -0.478 e. The summed E-state index contributed by atoms with van der Waals surface area (Å²) in [6.45, 7) is 3.53. The largest absolute Gasteiger partial charge is 0.478 e. The third-order valence-electron chi connectivity index (χ3n) is 2.83. The fourth-order valence-corrected chi connectivity index (χ4v) is 2.87. The quantitative estimate of drug-likeness (QED) is 0.901. The molecule has 0 aliphatic rings. The number of carboxylic acids is 1. The van der Waals surface area contributed by atoms with Crippen LogP contribution < -0.4 is 5.32 Å². The number of amides is 1. The minimum atomic E-state index is -1.02. The Balaban J connectivity index is 2.26. The zero-order valence-electron chi connectivity index (χ0n) is 10.9. The lowest BCUT2D eigenvalue weighted by Gasteiger charge is -2.07. The van der Waals surface area contributed by atoms with Gasteiger partial charge in [-0.2, -0.15) is 0 Å². The van der Waals surface area contributed by atoms with Gasteiger partial charge in [-0.3, -0.25) is 4.79 Å². The second kappa shape index (κ2) is 5.64. The highest BCUT2D eigenvalue weighted by Gasteiger charge is 2.16. The number of hydrogen-bond acceptors (Lipinski definition) is 3. The average Bonchev–Trinajstić information content (AvgIpc) is 2.72. The lowest BCUT2D eigenvalue weighted by atomic mass is 10.1. The summed E-state index contributed by atoms with van der Waals surface area (Å²) in [6.07, 6.45) is 0. The van der Waals surface area contributed by atoms with Crippen molar-refractivity contribution in [3.8, 4) is 0 Å². The van der Waals surface area contributed by atoms with Crippen LogP contribution in [0.5, 0.6) is 0 Å². The van der Waals surface area contributed by atoms with Crippen LogP contribution in [0.1, 0.15) is 31.2 Å². The normalized spacial score (nSPS) is 10.3. The highest BCUT2D eigenvalue weighted by Crippen LogP contribution is 2.28. The Kier molecular flexibility index (Phi) is 4.11. The van der Waals surface area contributed by atoms with Gasteiger partial charge in [0.15, 0.2) is 0 Å². The summed E-state index contributed by atoms with van der Waals surface area (Å²) >= 11 is 7.29. The SMILES string of the molecule is Cc1ccc(NC(=O)c2scc(C)c2Cl)cc1C(=O)O. The molecule has 0 atom stereocenters. The molecule has 0 bridgehead atoms. The summed E-state index contributed by atoms with van der Waals surface area (Å²) in [4.78, 5) is 23.6. The van der Waals surface area contributed by atoms with E-state index < -0.39 is 5.97 Å². The van der Waals surface area contributed by atoms with Crippen LogP contribution in [0.25, 0.3) is 0 Å². The molecule has 1 heterocycles. The molecule has 2 aromatic rings. The number of rotatable bonds is 3. The Morgan fingerprint density at radius 2 is 1.95 bits per heavy atom. The number of thiophene rings is 1. The highest BCUT2D eigenvalue weighted by atomic mass is 35.5. The molecule has 0 radical (unpaired) electrons. The van der Waals surface area contributed by atoms with E-state index in [0.717, 1.165) is 5.56 Å². The Morgan fingerprint density at radius 1 is 1.25 bits per heavy atom. The fourth-order valence-electron chi connectivity index (χ4n) is 1.70. The number of anilines is 1. The van der Waals surface area contributed by atoms with Gasteiger partial charge in [0.25, 0.3) is 5.91 Å². The maximum atomic E-state index is 12.1. The van der Waals surface area contributed by atoms with Gasteiger partial charge in [0.05, 0.1) is 10.6 Å². The molecule has 0 aliphatic heterocycles. The van der Waals surface area contributed by atoms with Crippen molar-refractivity contribution in [3.05, 3.63) is 50.2 Å². The smallest absolute Gasteiger partial charge is 0.336 e. The van der Waals surface area contributed by atoms with E-state index >= 15 is 0 Å². The first-order valence-corrected chi connectivity index (χ1v) is 7.04. The number of hydrogen-bond donors (Lipinski definition) is 2. The highest BCUT2D eigenvalue weighted by molar-refractivity contribution is 7.13. The van der Waals surface area contributed by atoms with Crippen LogP contribution in [0.4, 0.5) is 5.69 Å². The topological polar surface area (TPSA) is 66.4 Å². The van der Waals surface area contributed by atoms with Crippen molar-refractivity contribution in [2.45, 2.75) is 13.8 Å². The lowest BCUT2D eigenvalue weighted by molar-refractivity contribution is 0.0695. The molecular formula is C14H12ClNO3S. The van der Waals surface area contributed by atoms with Crippen molar-refractivity contribution in [1.29, 1.82) is 0 Å². The molecule has 2 N–H and O–H groups in total. The number of benzene rings is 1. The van der Waals surface area contributed by atoms with Crippen LogP contribution >= 0.6 is 22.9 Å². The van der Waals surface area contributed by atoms with Gasteiger partial charge in [-0.15, -0.1) is 11.3 Å². The van der Waals surface area contributed by atoms with E-state index in [2.05, 4.69) is 5.32 Å². The molecule has 1 amide bonds. The molecule has 0 saturated carbocycles. The maximum Gasteiger partial charge on any atom is 0.336 e. The number of carbonyl (C=O) groups excluding carboxylic acids is 1. The molecule has 0 aliphatic carbocycles. The van der Waals surface area contributed by atoms with Gasteiger partial charge in [0.2, 0.25) is 0 Å². The van der Waals surface area contributed by atoms with Gasteiger partial charge in [-0.05, 0) is 42.5 Å². The van der Waals surface area contributed by atoms with Crippen LogP contribution in [0.15, 0.2) is 23.6 Å². The standard InChI is InChI=1S/C14H12ClNO3S/c1-7-3-4-9(5-10(7)14(18)19)16-13(17)12-11(15)8(2)6-20-12/h3-6H,1-2H3,(H,16,17)(H,18,19). The molecule has 1 aromatic heterocycles. The predicted octanol–water partition coefficient (Wildman–Crippen LogP) is 3.97. The molecular weight excluding hydrogens is 298 g/mol. The summed E-state index contributed by atoms with van der Waals surface area (Å²) in [6, 6.07) is 4.75. The van der Waals surface area contributed by atoms with Crippen molar-refractivity contribution < 1.29 is 14.7 Å². The van der Waals surface area contributed by atoms with Crippen LogP contribution in [-0.2, 0) is 0 Å². The number of nitrogens with one attached hydrogen (secondary N) is 1. The van der Waals surface area contributed by atoms with Gasteiger partial charge in [0, 0.05) is 5.69 Å². The van der Waals surface area contributed by atoms with Crippen molar-refractivity contribution in [1.82, 2.24) is 0 Å². The Bertz CT molecular complexity index is 694. The molecule has 1 aromatic carbocycles. The lowest BCUT2D eigenvalue weighted by Crippen LogP contribution is -2.12. The van der Waals surface area contributed by atoms with E-state index in [0.29, 0.717) is 21.2 Å². The molecule has 0 fully saturated rings. The average molecular weight is 310 g/mol. The zero-order chi connectivity index (χ0) is 14.9. The van der Waals surface area contributed by atoms with Crippen molar-refractivity contribution in [3.63, 3.8) is 0 Å². The number of halogens is 1. The third kappa shape index (κ3) is 2.84. The molecule has 4 nitrogen and oxygen atoms in total. The van der Waals surface area contributed by atoms with Crippen LogP contribution in [-0.4, -0.2) is 17.0 Å². The molecule has 104 valence electrons. The first kappa shape index (κ1) is 14.6. The molecule has 0 spiro atoms. The number of aromatic carboxylic acids is 1. The van der Waals surface area contributed by atoms with Crippen LogP contribution in [0, 0.1) is 13.8 Å². The Hall–Kier alpha value is -1.85. The van der Waals surface area contributed by atoms with Crippen molar-refractivity contribution >= 4 is 40.5 Å². The Labute approximate surface area is 125 Å². The summed E-state index contributed by atoms with van der Waals surface area (Å²) in [5.74, 6) is -1.36. The van der Waals surface area contributed by atoms with E-state index in [4.69, 9.17) is 16.7 Å². The van der Waals surface area contributed by atoms with Crippen molar-refractivity contribution in [2.24, 2.45) is 0 Å². The van der Waals surface area contributed by atoms with E-state index in [1.165, 1.54) is 17.4 Å². The summed E-state index contributed by atoms with van der Waals surface area (Å²) < 4.78 is 0. The van der Waals surface area contributed by atoms with Gasteiger partial charge >= 0.3 is 5.97 Å². The number of carbonyl (C=O) groups is 2. The molecule has 0 saturated heterocycles. The van der Waals surface area contributed by atoms with E-state index in [-0.39, 0.29) is 11.5 Å². The second-order valence-corrected chi connectivity index (χ2v) is 5.61. The molecule has 20 heavy (non-hydrogen) atoms. The maximum absolute atomic E-state index is 12.1.